The van der Waals surface area contributed by atoms with Gasteiger partial charge >= 0.3 is 0 Å². The lowest BCUT2D eigenvalue weighted by Crippen LogP contribution is -2.24. The van der Waals surface area contributed by atoms with Gasteiger partial charge in [0.15, 0.2) is 5.69 Å². The second kappa shape index (κ2) is 5.22. The Bertz CT molecular complexity index is 729. The second-order valence-corrected chi connectivity index (χ2v) is 5.53. The summed E-state index contributed by atoms with van der Waals surface area (Å²) in [6.45, 7) is 1.79. The van der Waals surface area contributed by atoms with Crippen LogP contribution >= 0.6 is 0 Å². The molecule has 6 nitrogen and oxygen atoms in total. The Balaban J connectivity index is 2.21. The van der Waals surface area contributed by atoms with Gasteiger partial charge in [-0.15, -0.1) is 0 Å². The maximum absolute atomic E-state index is 12.0. The van der Waals surface area contributed by atoms with Gasteiger partial charge in [-0.25, -0.2) is 18.1 Å². The molecule has 0 aliphatic carbocycles. The van der Waals surface area contributed by atoms with Crippen LogP contribution in [0.2, 0.25) is 0 Å². The van der Waals surface area contributed by atoms with Gasteiger partial charge in [0.25, 0.3) is 0 Å². The summed E-state index contributed by atoms with van der Waals surface area (Å²) in [6.07, 6.45) is 1.37. The Labute approximate surface area is 110 Å². The molecule has 0 radical (unpaired) electrons. The van der Waals surface area contributed by atoms with Crippen molar-refractivity contribution in [2.75, 3.05) is 0 Å². The molecule has 0 aromatic carbocycles. The van der Waals surface area contributed by atoms with Gasteiger partial charge in [-0.05, 0) is 31.2 Å². The minimum atomic E-state index is -3.79. The summed E-state index contributed by atoms with van der Waals surface area (Å²) in [5.41, 5.74) is -0.134. The molecule has 0 unspecified atom stereocenters. The van der Waals surface area contributed by atoms with Gasteiger partial charge in [-0.3, -0.25) is 0 Å². The Hall–Kier alpha value is -2.17. The normalized spacial score (nSPS) is 11.2. The van der Waals surface area contributed by atoms with Crippen molar-refractivity contribution >= 4 is 10.0 Å². The van der Waals surface area contributed by atoms with E-state index >= 15 is 0 Å². The maximum atomic E-state index is 12.0. The first-order valence-electron chi connectivity index (χ1n) is 5.43. The molecule has 0 spiro atoms. The summed E-state index contributed by atoms with van der Waals surface area (Å²) in [4.78, 5) is 3.58. The molecule has 2 aromatic rings. The molecule has 1 N–H and O–H groups in total. The summed E-state index contributed by atoms with van der Waals surface area (Å²) in [7, 11) is -3.79. The Morgan fingerprint density at radius 3 is 2.84 bits per heavy atom. The van der Waals surface area contributed by atoms with E-state index in [-0.39, 0.29) is 17.1 Å². The van der Waals surface area contributed by atoms with Gasteiger partial charge in [0.2, 0.25) is 10.0 Å². The average Bonchev–Trinajstić information content (AvgIpc) is 2.82. The molecule has 0 saturated carbocycles. The van der Waals surface area contributed by atoms with E-state index in [1.54, 1.807) is 25.1 Å². The number of hydrogen-bond donors (Lipinski definition) is 1. The zero-order valence-electron chi connectivity index (χ0n) is 10.1. The third-order valence-electron chi connectivity index (χ3n) is 2.40. The van der Waals surface area contributed by atoms with E-state index in [0.29, 0.717) is 11.5 Å². The zero-order chi connectivity index (χ0) is 13.9. The first-order valence-corrected chi connectivity index (χ1v) is 6.91. The number of nitrogens with one attached hydrogen (secondary N) is 1. The van der Waals surface area contributed by atoms with Gasteiger partial charge in [0, 0.05) is 6.20 Å². The van der Waals surface area contributed by atoms with Crippen LogP contribution in [0, 0.1) is 18.3 Å². The van der Waals surface area contributed by atoms with Crippen molar-refractivity contribution in [3.63, 3.8) is 0 Å². The average molecular weight is 277 g/mol. The van der Waals surface area contributed by atoms with E-state index < -0.39 is 10.0 Å². The van der Waals surface area contributed by atoms with Crippen LogP contribution in [0.3, 0.4) is 0 Å². The van der Waals surface area contributed by atoms with Crippen molar-refractivity contribution in [2.24, 2.45) is 0 Å². The predicted octanol–water partition coefficient (Wildman–Crippen LogP) is 1.33. The predicted molar refractivity (Wildman–Crippen MR) is 66.4 cm³/mol. The fourth-order valence-electron chi connectivity index (χ4n) is 1.52. The number of aryl methyl sites for hydroxylation is 1. The molecule has 2 heterocycles. The fraction of sp³-hybridized carbons (Fsp3) is 0.167. The van der Waals surface area contributed by atoms with Gasteiger partial charge in [-0.1, -0.05) is 0 Å². The molecule has 0 atom stereocenters. The molecule has 0 saturated heterocycles. The highest BCUT2D eigenvalue weighted by Crippen LogP contribution is 2.13. The van der Waals surface area contributed by atoms with Crippen molar-refractivity contribution in [1.82, 2.24) is 9.71 Å². The quantitative estimate of drug-likeness (QED) is 0.909. The van der Waals surface area contributed by atoms with Gasteiger partial charge < -0.3 is 4.42 Å². The van der Waals surface area contributed by atoms with Crippen LogP contribution < -0.4 is 4.72 Å². The number of nitrogens with zero attached hydrogens (tertiary/aromatic N) is 2. The van der Waals surface area contributed by atoms with E-state index in [4.69, 9.17) is 9.68 Å². The highest BCUT2D eigenvalue weighted by Gasteiger charge is 2.19. The topological polar surface area (TPSA) is 96.0 Å². The maximum Gasteiger partial charge on any atom is 0.243 e. The molecule has 2 aromatic heterocycles. The largest absolute Gasteiger partial charge is 0.465 e. The molecule has 7 heteroatoms. The lowest BCUT2D eigenvalue weighted by Gasteiger charge is -2.05. The number of aromatic nitrogens is 1. The molecule has 0 aliphatic heterocycles. The van der Waals surface area contributed by atoms with E-state index in [1.165, 1.54) is 18.3 Å². The minimum Gasteiger partial charge on any atom is -0.465 e. The molecule has 0 fully saturated rings. The van der Waals surface area contributed by atoms with Crippen molar-refractivity contribution in [1.29, 1.82) is 5.26 Å². The zero-order valence-corrected chi connectivity index (χ0v) is 10.9. The molecule has 0 bridgehead atoms. The van der Waals surface area contributed by atoms with E-state index in [0.717, 1.165) is 0 Å². The lowest BCUT2D eigenvalue weighted by atomic mass is 10.4. The van der Waals surface area contributed by atoms with Crippen LogP contribution in [0.5, 0.6) is 0 Å². The monoisotopic (exact) mass is 277 g/mol. The molecule has 0 aliphatic rings. The molecule has 0 amide bonds. The summed E-state index contributed by atoms with van der Waals surface area (Å²) < 4.78 is 31.7. The van der Waals surface area contributed by atoms with Crippen molar-refractivity contribution in [3.05, 3.63) is 47.7 Å². The van der Waals surface area contributed by atoms with E-state index in [9.17, 15) is 8.42 Å². The number of nitriles is 1. The molecular formula is C12H11N3O3S. The number of hydrogen-bond acceptors (Lipinski definition) is 5. The summed E-state index contributed by atoms with van der Waals surface area (Å²) >= 11 is 0. The van der Waals surface area contributed by atoms with Crippen LogP contribution in [0.1, 0.15) is 17.2 Å². The molecular weight excluding hydrogens is 266 g/mol. The highest BCUT2D eigenvalue weighted by atomic mass is 32.2. The van der Waals surface area contributed by atoms with Crippen LogP contribution in [0.25, 0.3) is 0 Å². The Morgan fingerprint density at radius 1 is 1.42 bits per heavy atom. The smallest absolute Gasteiger partial charge is 0.243 e. The summed E-state index contributed by atoms with van der Waals surface area (Å²) in [6, 6.07) is 7.98. The van der Waals surface area contributed by atoms with Gasteiger partial charge in [-0.2, -0.15) is 5.26 Å². The second-order valence-electron chi connectivity index (χ2n) is 3.80. The minimum absolute atomic E-state index is 0.0237. The van der Waals surface area contributed by atoms with Crippen LogP contribution in [-0.2, 0) is 16.6 Å². The third kappa shape index (κ3) is 2.99. The number of pyridine rings is 1. The third-order valence-corrected chi connectivity index (χ3v) is 3.83. The number of sulfonamides is 1. The molecule has 98 valence electrons. The standard InChI is InChI=1S/C12H11N3O3S/c1-9-4-5-10(18-9)8-15-19(16,17)12-3-2-6-14-11(12)7-13/h2-6,15H,8H2,1H3. The number of furan rings is 1. The van der Waals surface area contributed by atoms with Gasteiger partial charge in [0.1, 0.15) is 22.5 Å². The fourth-order valence-corrected chi connectivity index (χ4v) is 2.61. The Kier molecular flexibility index (Phi) is 3.64. The van der Waals surface area contributed by atoms with Crippen molar-refractivity contribution < 1.29 is 12.8 Å². The van der Waals surface area contributed by atoms with E-state index in [1.807, 2.05) is 0 Å². The van der Waals surface area contributed by atoms with E-state index in [2.05, 4.69) is 9.71 Å². The Morgan fingerprint density at radius 2 is 2.21 bits per heavy atom. The first-order chi connectivity index (χ1) is 9.03. The van der Waals surface area contributed by atoms with Crippen molar-refractivity contribution in [3.8, 4) is 6.07 Å². The van der Waals surface area contributed by atoms with Crippen LogP contribution in [-0.4, -0.2) is 13.4 Å². The van der Waals surface area contributed by atoms with Crippen LogP contribution in [0.15, 0.2) is 39.8 Å². The molecule has 19 heavy (non-hydrogen) atoms. The van der Waals surface area contributed by atoms with Crippen molar-refractivity contribution in [2.45, 2.75) is 18.4 Å². The summed E-state index contributed by atoms with van der Waals surface area (Å²) in [5, 5.41) is 8.85. The lowest BCUT2D eigenvalue weighted by molar-refractivity contribution is 0.475. The SMILES string of the molecule is Cc1ccc(CNS(=O)(=O)c2cccnc2C#N)o1. The first kappa shape index (κ1) is 13.3. The molecule has 2 rings (SSSR count). The highest BCUT2D eigenvalue weighted by molar-refractivity contribution is 7.89. The number of rotatable bonds is 4. The van der Waals surface area contributed by atoms with Gasteiger partial charge in [0.05, 0.1) is 6.54 Å². The van der Waals surface area contributed by atoms with Crippen LogP contribution in [0.4, 0.5) is 0 Å². The summed E-state index contributed by atoms with van der Waals surface area (Å²) in [5.74, 6) is 1.21.